The summed E-state index contributed by atoms with van der Waals surface area (Å²) in [5.74, 6) is -2.46. The van der Waals surface area contributed by atoms with Gasteiger partial charge in [0.2, 0.25) is 0 Å². The first kappa shape index (κ1) is 26.9. The Morgan fingerprint density at radius 2 is 1.69 bits per heavy atom. The maximum absolute atomic E-state index is 13.3. The van der Waals surface area contributed by atoms with E-state index >= 15 is 0 Å². The Balaban J connectivity index is 1.72. The highest BCUT2D eigenvalue weighted by atomic mass is 16.3. The van der Waals surface area contributed by atoms with Gasteiger partial charge in [-0.15, -0.1) is 0 Å². The molecule has 0 heterocycles. The van der Waals surface area contributed by atoms with E-state index in [-0.39, 0.29) is 44.3 Å². The van der Waals surface area contributed by atoms with Crippen LogP contribution in [0.15, 0.2) is 11.6 Å². The van der Waals surface area contributed by atoms with Crippen molar-refractivity contribution >= 4 is 11.6 Å². The number of hydrogen-bond donors (Lipinski definition) is 6. The van der Waals surface area contributed by atoms with Crippen LogP contribution in [0.1, 0.15) is 79.6 Å². The maximum atomic E-state index is 13.3. The first-order chi connectivity index (χ1) is 15.9. The highest BCUT2D eigenvalue weighted by Gasteiger charge is 2.71. The first-order valence-corrected chi connectivity index (χ1v) is 12.9. The molecule has 8 heteroatoms. The minimum atomic E-state index is -1.78. The molecule has 10 atom stereocenters. The molecule has 4 aliphatic carbocycles. The topological polar surface area (TPSA) is 156 Å². The van der Waals surface area contributed by atoms with Gasteiger partial charge in [-0.3, -0.25) is 9.59 Å². The molecule has 6 N–H and O–H groups in total. The van der Waals surface area contributed by atoms with E-state index in [0.717, 1.165) is 0 Å². The van der Waals surface area contributed by atoms with Gasteiger partial charge in [0.25, 0.3) is 0 Å². The van der Waals surface area contributed by atoms with Crippen molar-refractivity contribution in [3.8, 4) is 0 Å². The van der Waals surface area contributed by atoms with Gasteiger partial charge < -0.3 is 30.6 Å². The number of Topliss-reactive ketones (excluding diaryl/α,β-unsaturated/α-hetero) is 1. The zero-order valence-electron chi connectivity index (χ0n) is 21.5. The SMILES string of the molecule is CC(C)(O)CCC(=O)C(C)(O)[C@H]1CC[C@@]2(O)C3=CC(=O)[C@@H]4C[C@@H](O)[C@@H](O)C[C@]4(C)[C@H]3[C@H](O)C[C@]12C. The molecule has 35 heavy (non-hydrogen) atoms. The van der Waals surface area contributed by atoms with Gasteiger partial charge in [0.05, 0.1) is 29.5 Å². The number of aliphatic hydroxyl groups is 6. The summed E-state index contributed by atoms with van der Waals surface area (Å²) in [6.07, 6.45) is -0.474. The molecule has 4 aliphatic rings. The monoisotopic (exact) mass is 494 g/mol. The minimum Gasteiger partial charge on any atom is -0.392 e. The second-order valence-electron chi connectivity index (χ2n) is 13.1. The number of fused-ring (bicyclic) bond motifs is 5. The summed E-state index contributed by atoms with van der Waals surface area (Å²) >= 11 is 0. The second kappa shape index (κ2) is 8.17. The van der Waals surface area contributed by atoms with Crippen molar-refractivity contribution in [2.24, 2.45) is 28.6 Å². The number of carbonyl (C=O) groups is 2. The van der Waals surface area contributed by atoms with Gasteiger partial charge in [-0.05, 0) is 76.4 Å². The Morgan fingerprint density at radius 3 is 2.29 bits per heavy atom. The molecule has 3 saturated carbocycles. The number of rotatable bonds is 5. The van der Waals surface area contributed by atoms with Crippen LogP contribution >= 0.6 is 0 Å². The average molecular weight is 495 g/mol. The summed E-state index contributed by atoms with van der Waals surface area (Å²) in [5.41, 5.74) is -5.83. The summed E-state index contributed by atoms with van der Waals surface area (Å²) in [5, 5.41) is 65.9. The molecular formula is C27H42O8. The number of ketones is 2. The van der Waals surface area contributed by atoms with E-state index in [0.29, 0.717) is 12.0 Å². The van der Waals surface area contributed by atoms with Crippen molar-refractivity contribution in [3.05, 3.63) is 11.6 Å². The van der Waals surface area contributed by atoms with E-state index in [9.17, 15) is 40.2 Å². The lowest BCUT2D eigenvalue weighted by atomic mass is 9.45. The molecule has 0 spiro atoms. The zero-order valence-corrected chi connectivity index (χ0v) is 21.5. The van der Waals surface area contributed by atoms with Crippen molar-refractivity contribution in [3.63, 3.8) is 0 Å². The molecule has 0 aromatic heterocycles. The van der Waals surface area contributed by atoms with Crippen molar-refractivity contribution in [1.29, 1.82) is 0 Å². The van der Waals surface area contributed by atoms with Crippen LogP contribution in [-0.2, 0) is 9.59 Å². The molecule has 0 saturated heterocycles. The lowest BCUT2D eigenvalue weighted by Crippen LogP contribution is -2.66. The Kier molecular flexibility index (Phi) is 6.28. The Morgan fingerprint density at radius 1 is 1.06 bits per heavy atom. The van der Waals surface area contributed by atoms with Crippen LogP contribution in [-0.4, -0.2) is 77.3 Å². The van der Waals surface area contributed by atoms with Crippen LogP contribution in [0.4, 0.5) is 0 Å². The molecule has 3 fully saturated rings. The normalized spacial score (nSPS) is 47.3. The molecule has 0 radical (unpaired) electrons. The number of carbonyl (C=O) groups excluding carboxylic acids is 2. The van der Waals surface area contributed by atoms with Crippen molar-refractivity contribution in [1.82, 2.24) is 0 Å². The number of aliphatic hydroxyl groups excluding tert-OH is 3. The van der Waals surface area contributed by atoms with Crippen LogP contribution < -0.4 is 0 Å². The minimum absolute atomic E-state index is 0.0200. The predicted octanol–water partition coefficient (Wildman–Crippen LogP) is 1.03. The van der Waals surface area contributed by atoms with Crippen molar-refractivity contribution in [2.45, 2.75) is 115 Å². The van der Waals surface area contributed by atoms with Crippen LogP contribution in [0.25, 0.3) is 0 Å². The van der Waals surface area contributed by atoms with Gasteiger partial charge >= 0.3 is 0 Å². The zero-order chi connectivity index (χ0) is 26.4. The number of allylic oxidation sites excluding steroid dienone is 1. The van der Waals surface area contributed by atoms with Gasteiger partial charge in [0.15, 0.2) is 11.6 Å². The predicted molar refractivity (Wildman–Crippen MR) is 127 cm³/mol. The largest absolute Gasteiger partial charge is 0.392 e. The third-order valence-corrected chi connectivity index (χ3v) is 10.3. The van der Waals surface area contributed by atoms with E-state index in [4.69, 9.17) is 0 Å². The fourth-order valence-corrected chi connectivity index (χ4v) is 8.26. The summed E-state index contributed by atoms with van der Waals surface area (Å²) < 4.78 is 0. The molecule has 8 nitrogen and oxygen atoms in total. The first-order valence-electron chi connectivity index (χ1n) is 12.9. The third-order valence-electron chi connectivity index (χ3n) is 10.3. The van der Waals surface area contributed by atoms with Crippen molar-refractivity contribution in [2.75, 3.05) is 0 Å². The van der Waals surface area contributed by atoms with Crippen LogP contribution in [0.2, 0.25) is 0 Å². The van der Waals surface area contributed by atoms with Crippen LogP contribution in [0, 0.1) is 28.6 Å². The molecule has 4 rings (SSSR count). The lowest BCUT2D eigenvalue weighted by Gasteiger charge is -2.61. The summed E-state index contributed by atoms with van der Waals surface area (Å²) in [6.45, 7) is 8.28. The van der Waals surface area contributed by atoms with Crippen LogP contribution in [0.3, 0.4) is 0 Å². The lowest BCUT2D eigenvalue weighted by molar-refractivity contribution is -0.186. The summed E-state index contributed by atoms with van der Waals surface area (Å²) in [4.78, 5) is 26.4. The summed E-state index contributed by atoms with van der Waals surface area (Å²) in [7, 11) is 0. The van der Waals surface area contributed by atoms with Gasteiger partial charge in [0, 0.05) is 29.6 Å². The molecule has 0 amide bonds. The molecule has 0 bridgehead atoms. The van der Waals surface area contributed by atoms with Gasteiger partial charge in [-0.1, -0.05) is 13.8 Å². The molecule has 198 valence electrons. The molecule has 0 aromatic rings. The number of hydrogen-bond acceptors (Lipinski definition) is 8. The fraction of sp³-hybridized carbons (Fsp3) is 0.852. The fourth-order valence-electron chi connectivity index (χ4n) is 8.26. The standard InChI is InChI=1S/C27H42O8/c1-23(2,33)8-7-21(32)26(5,34)20-6-9-27(35)15-11-16(28)14-10-17(29)18(30)12-24(14,3)22(15)19(31)13-25(20,27)4/h11,14,17-20,22,29-31,33-35H,6-10,12-13H2,1-5H3/t14-,17+,18-,19+,20-,22+,24-,25+,26?,27+/m0/s1. The average Bonchev–Trinajstić information content (AvgIpc) is 2.99. The van der Waals surface area contributed by atoms with E-state index in [1.807, 2.05) is 6.92 Å². The van der Waals surface area contributed by atoms with E-state index in [1.54, 1.807) is 20.8 Å². The molecular weight excluding hydrogens is 452 g/mol. The Bertz CT molecular complexity index is 934. The van der Waals surface area contributed by atoms with Crippen molar-refractivity contribution < 1.29 is 40.2 Å². The van der Waals surface area contributed by atoms with Gasteiger partial charge in [-0.25, -0.2) is 0 Å². The quantitative estimate of drug-likeness (QED) is 0.331. The molecule has 0 aliphatic heterocycles. The molecule has 0 aromatic carbocycles. The summed E-state index contributed by atoms with van der Waals surface area (Å²) in [6, 6.07) is 0. The molecule has 1 unspecified atom stereocenters. The third kappa shape index (κ3) is 3.87. The Hall–Kier alpha value is -1.16. The smallest absolute Gasteiger partial charge is 0.164 e. The van der Waals surface area contributed by atoms with E-state index in [2.05, 4.69) is 0 Å². The highest BCUT2D eigenvalue weighted by molar-refractivity contribution is 5.95. The van der Waals surface area contributed by atoms with E-state index < -0.39 is 69.5 Å². The Labute approximate surface area is 207 Å². The van der Waals surface area contributed by atoms with E-state index in [1.165, 1.54) is 13.0 Å². The second-order valence-corrected chi connectivity index (χ2v) is 13.1. The van der Waals surface area contributed by atoms with Gasteiger partial charge in [-0.2, -0.15) is 0 Å². The maximum Gasteiger partial charge on any atom is 0.164 e. The van der Waals surface area contributed by atoms with Crippen LogP contribution in [0.5, 0.6) is 0 Å². The highest BCUT2D eigenvalue weighted by Crippen LogP contribution is 2.68. The van der Waals surface area contributed by atoms with Gasteiger partial charge in [0.1, 0.15) is 5.60 Å².